The molecule has 0 spiro atoms. The molecule has 3 rings (SSSR count). The van der Waals surface area contributed by atoms with E-state index in [2.05, 4.69) is 5.32 Å². The largest absolute Gasteiger partial charge is 0.478 e. The van der Waals surface area contributed by atoms with Crippen LogP contribution in [-0.2, 0) is 10.0 Å². The maximum absolute atomic E-state index is 13.0. The Labute approximate surface area is 170 Å². The van der Waals surface area contributed by atoms with Crippen LogP contribution in [0.3, 0.4) is 0 Å². The minimum absolute atomic E-state index is 0.108. The van der Waals surface area contributed by atoms with Crippen molar-refractivity contribution in [3.05, 3.63) is 59.2 Å². The van der Waals surface area contributed by atoms with Crippen LogP contribution in [0.25, 0.3) is 0 Å². The molecule has 1 fully saturated rings. The number of aryl methyl sites for hydroxylation is 1. The van der Waals surface area contributed by atoms with Gasteiger partial charge in [-0.3, -0.25) is 4.79 Å². The van der Waals surface area contributed by atoms with Crippen molar-refractivity contribution in [2.75, 3.05) is 18.4 Å². The maximum Gasteiger partial charge on any atom is 0.335 e. The third-order valence-electron chi connectivity index (χ3n) is 5.05. The number of hydrogen-bond donors (Lipinski definition) is 2. The van der Waals surface area contributed by atoms with Crippen LogP contribution in [0.5, 0.6) is 0 Å². The molecule has 154 valence electrons. The minimum Gasteiger partial charge on any atom is -0.478 e. The summed E-state index contributed by atoms with van der Waals surface area (Å²) in [6, 6.07) is 10.4. The molecule has 29 heavy (non-hydrogen) atoms. The quantitative estimate of drug-likeness (QED) is 0.776. The predicted molar refractivity (Wildman–Crippen MR) is 110 cm³/mol. The van der Waals surface area contributed by atoms with Gasteiger partial charge >= 0.3 is 5.97 Å². The molecule has 2 aromatic carbocycles. The van der Waals surface area contributed by atoms with E-state index >= 15 is 0 Å². The lowest BCUT2D eigenvalue weighted by Crippen LogP contribution is -2.32. The van der Waals surface area contributed by atoms with Gasteiger partial charge in [0.1, 0.15) is 0 Å². The molecule has 0 atom stereocenters. The Balaban J connectivity index is 1.84. The maximum atomic E-state index is 13.0. The Hall–Kier alpha value is -2.71. The molecule has 1 saturated heterocycles. The molecular formula is C21H24N2O5S. The SMILES string of the molecule is Cc1ccc(S(=O)(=O)N2CCCCCC2)cc1C(=O)Nc1ccc(C(=O)O)cc1. The van der Waals surface area contributed by atoms with Gasteiger partial charge in [-0.25, -0.2) is 13.2 Å². The Kier molecular flexibility index (Phi) is 6.34. The van der Waals surface area contributed by atoms with Gasteiger partial charge in [0.25, 0.3) is 5.91 Å². The molecule has 0 bridgehead atoms. The Morgan fingerprint density at radius 1 is 0.966 bits per heavy atom. The lowest BCUT2D eigenvalue weighted by Gasteiger charge is -2.20. The number of sulfonamides is 1. The van der Waals surface area contributed by atoms with Crippen molar-refractivity contribution in [3.8, 4) is 0 Å². The third-order valence-corrected chi connectivity index (χ3v) is 6.94. The van der Waals surface area contributed by atoms with Crippen molar-refractivity contribution in [1.29, 1.82) is 0 Å². The summed E-state index contributed by atoms with van der Waals surface area (Å²) in [5, 5.41) is 11.6. The molecule has 8 heteroatoms. The van der Waals surface area contributed by atoms with Crippen LogP contribution in [0.4, 0.5) is 5.69 Å². The zero-order chi connectivity index (χ0) is 21.0. The molecule has 1 heterocycles. The summed E-state index contributed by atoms with van der Waals surface area (Å²) in [7, 11) is -3.66. The van der Waals surface area contributed by atoms with Gasteiger partial charge in [0, 0.05) is 24.3 Å². The van der Waals surface area contributed by atoms with Crippen LogP contribution in [0.15, 0.2) is 47.4 Å². The number of carbonyl (C=O) groups excluding carboxylic acids is 1. The number of rotatable bonds is 5. The van der Waals surface area contributed by atoms with Gasteiger partial charge in [-0.15, -0.1) is 0 Å². The lowest BCUT2D eigenvalue weighted by molar-refractivity contribution is 0.0696. The second kappa shape index (κ2) is 8.75. The molecule has 0 radical (unpaired) electrons. The normalized spacial score (nSPS) is 15.5. The first-order valence-corrected chi connectivity index (χ1v) is 11.0. The van der Waals surface area contributed by atoms with Crippen molar-refractivity contribution in [3.63, 3.8) is 0 Å². The number of carboxylic acid groups (broad SMARTS) is 1. The summed E-state index contributed by atoms with van der Waals surface area (Å²) in [6.45, 7) is 2.73. The molecule has 1 aliphatic heterocycles. The fraction of sp³-hybridized carbons (Fsp3) is 0.333. The molecule has 0 aromatic heterocycles. The monoisotopic (exact) mass is 416 g/mol. The van der Waals surface area contributed by atoms with Crippen molar-refractivity contribution in [2.45, 2.75) is 37.5 Å². The van der Waals surface area contributed by atoms with E-state index in [-0.39, 0.29) is 16.0 Å². The summed E-state index contributed by atoms with van der Waals surface area (Å²) in [5.74, 6) is -1.50. The highest BCUT2D eigenvalue weighted by Gasteiger charge is 2.26. The Bertz CT molecular complexity index is 1010. The summed E-state index contributed by atoms with van der Waals surface area (Å²) in [4.78, 5) is 23.8. The number of carbonyl (C=O) groups is 2. The van der Waals surface area contributed by atoms with Crippen molar-refractivity contribution >= 4 is 27.6 Å². The molecule has 7 nitrogen and oxygen atoms in total. The zero-order valence-electron chi connectivity index (χ0n) is 16.2. The zero-order valence-corrected chi connectivity index (χ0v) is 17.0. The highest BCUT2D eigenvalue weighted by molar-refractivity contribution is 7.89. The molecule has 2 aromatic rings. The van der Waals surface area contributed by atoms with Gasteiger partial charge in [-0.1, -0.05) is 18.9 Å². The topological polar surface area (TPSA) is 104 Å². The second-order valence-electron chi connectivity index (χ2n) is 7.13. The van der Waals surface area contributed by atoms with Crippen LogP contribution < -0.4 is 5.32 Å². The van der Waals surface area contributed by atoms with Crippen LogP contribution in [0.1, 0.15) is 52.0 Å². The van der Waals surface area contributed by atoms with Gasteiger partial charge in [0.05, 0.1) is 10.5 Å². The molecule has 0 aliphatic carbocycles. The number of hydrogen-bond acceptors (Lipinski definition) is 4. The fourth-order valence-electron chi connectivity index (χ4n) is 3.33. The van der Waals surface area contributed by atoms with Crippen molar-refractivity contribution in [1.82, 2.24) is 4.31 Å². The molecule has 0 saturated carbocycles. The van der Waals surface area contributed by atoms with E-state index < -0.39 is 21.9 Å². The van der Waals surface area contributed by atoms with Crippen molar-refractivity contribution < 1.29 is 23.1 Å². The Morgan fingerprint density at radius 2 is 1.59 bits per heavy atom. The number of aromatic carboxylic acids is 1. The van der Waals surface area contributed by atoms with E-state index in [1.54, 1.807) is 13.0 Å². The summed E-state index contributed by atoms with van der Waals surface area (Å²) >= 11 is 0. The van der Waals surface area contributed by atoms with E-state index in [0.29, 0.717) is 24.3 Å². The number of amides is 1. The first kappa shape index (κ1) is 21.0. The highest BCUT2D eigenvalue weighted by Crippen LogP contribution is 2.23. The number of benzene rings is 2. The third kappa shape index (κ3) is 4.83. The van der Waals surface area contributed by atoms with Crippen LogP contribution in [0.2, 0.25) is 0 Å². The lowest BCUT2D eigenvalue weighted by atomic mass is 10.1. The average Bonchev–Trinajstić information content (AvgIpc) is 2.98. The summed E-state index contributed by atoms with van der Waals surface area (Å²) in [6.07, 6.45) is 3.72. The average molecular weight is 416 g/mol. The Morgan fingerprint density at radius 3 is 2.17 bits per heavy atom. The molecular weight excluding hydrogens is 392 g/mol. The van der Waals surface area contributed by atoms with Gasteiger partial charge in [-0.05, 0) is 61.7 Å². The summed E-state index contributed by atoms with van der Waals surface area (Å²) in [5.41, 5.74) is 1.47. The van der Waals surface area contributed by atoms with E-state index in [1.807, 2.05) is 0 Å². The minimum atomic E-state index is -3.66. The van der Waals surface area contributed by atoms with E-state index in [9.17, 15) is 18.0 Å². The second-order valence-corrected chi connectivity index (χ2v) is 9.07. The highest BCUT2D eigenvalue weighted by atomic mass is 32.2. The van der Waals surface area contributed by atoms with Gasteiger partial charge in [0.2, 0.25) is 10.0 Å². The van der Waals surface area contributed by atoms with E-state index in [0.717, 1.165) is 25.7 Å². The number of anilines is 1. The number of nitrogens with one attached hydrogen (secondary N) is 1. The smallest absolute Gasteiger partial charge is 0.335 e. The standard InChI is InChI=1S/C21H24N2O5S/c1-15-6-11-18(29(27,28)23-12-4-2-3-5-13-23)14-19(15)20(24)22-17-9-7-16(8-10-17)21(25)26/h6-11,14H,2-5,12-13H2,1H3,(H,22,24)(H,25,26). The van der Waals surface area contributed by atoms with Crippen LogP contribution in [-0.4, -0.2) is 42.8 Å². The molecule has 1 aliphatic rings. The number of nitrogens with zero attached hydrogens (tertiary/aromatic N) is 1. The first-order chi connectivity index (χ1) is 13.8. The first-order valence-electron chi connectivity index (χ1n) is 9.54. The van der Waals surface area contributed by atoms with Gasteiger partial charge in [0.15, 0.2) is 0 Å². The van der Waals surface area contributed by atoms with Crippen LogP contribution >= 0.6 is 0 Å². The molecule has 0 unspecified atom stereocenters. The van der Waals surface area contributed by atoms with Gasteiger partial charge < -0.3 is 10.4 Å². The molecule has 1 amide bonds. The fourth-order valence-corrected chi connectivity index (χ4v) is 4.88. The summed E-state index contributed by atoms with van der Waals surface area (Å²) < 4.78 is 27.5. The van der Waals surface area contributed by atoms with Gasteiger partial charge in [-0.2, -0.15) is 4.31 Å². The van der Waals surface area contributed by atoms with E-state index in [1.165, 1.54) is 40.7 Å². The predicted octanol–water partition coefficient (Wildman–Crippen LogP) is 3.51. The van der Waals surface area contributed by atoms with Crippen LogP contribution in [0, 0.1) is 6.92 Å². The van der Waals surface area contributed by atoms with E-state index in [4.69, 9.17) is 5.11 Å². The number of carboxylic acids is 1. The molecule has 2 N–H and O–H groups in total. The van der Waals surface area contributed by atoms with Crippen molar-refractivity contribution in [2.24, 2.45) is 0 Å².